The molecule has 0 radical (unpaired) electrons. The Morgan fingerprint density at radius 3 is 2.44 bits per heavy atom. The Morgan fingerprint density at radius 2 is 1.89 bits per heavy atom. The topological polar surface area (TPSA) is 12.9 Å². The van der Waals surface area contributed by atoms with Crippen LogP contribution in [0.2, 0.25) is 0 Å². The molecule has 2 aliphatic carbocycles. The second kappa shape index (κ2) is 4.08. The van der Waals surface area contributed by atoms with E-state index in [0.717, 1.165) is 12.3 Å². The van der Waals surface area contributed by atoms with E-state index in [1.54, 1.807) is 16.7 Å². The predicted molar refractivity (Wildman–Crippen MR) is 76.3 cm³/mol. The van der Waals surface area contributed by atoms with E-state index in [1.165, 1.54) is 43.5 Å². The summed E-state index contributed by atoms with van der Waals surface area (Å²) >= 11 is 0. The molecule has 0 saturated heterocycles. The molecule has 1 fully saturated rings. The van der Waals surface area contributed by atoms with E-state index < -0.39 is 0 Å². The van der Waals surface area contributed by atoms with Gasteiger partial charge in [0.2, 0.25) is 0 Å². The lowest BCUT2D eigenvalue weighted by molar-refractivity contribution is 0.572. The Balaban J connectivity index is 2.25. The van der Waals surface area contributed by atoms with Crippen molar-refractivity contribution in [1.29, 1.82) is 0 Å². The van der Waals surface area contributed by atoms with Gasteiger partial charge in [0, 0.05) is 17.3 Å². The smallest absolute Gasteiger partial charge is 0.0472 e. The molecule has 98 valence electrons. The summed E-state index contributed by atoms with van der Waals surface area (Å²) in [6, 6.07) is 0. The average Bonchev–Trinajstić information content (AvgIpc) is 3.04. The van der Waals surface area contributed by atoms with Crippen LogP contribution in [0.15, 0.2) is 0 Å². The molecule has 0 bridgehead atoms. The Bertz CT molecular complexity index is 475. The third-order valence-corrected chi connectivity index (χ3v) is 4.42. The molecule has 0 N–H and O–H groups in total. The lowest BCUT2D eigenvalue weighted by Gasteiger charge is -2.28. The Morgan fingerprint density at radius 1 is 1.17 bits per heavy atom. The summed E-state index contributed by atoms with van der Waals surface area (Å²) in [4.78, 5) is 5.06. The number of rotatable bonds is 2. The third kappa shape index (κ3) is 1.88. The minimum Gasteiger partial charge on any atom is -0.257 e. The highest BCUT2D eigenvalue weighted by molar-refractivity contribution is 5.48. The molecule has 1 aromatic heterocycles. The fraction of sp³-hybridized carbons (Fsp3) is 0.706. The van der Waals surface area contributed by atoms with Crippen molar-refractivity contribution in [3.8, 4) is 0 Å². The van der Waals surface area contributed by atoms with Crippen molar-refractivity contribution < 1.29 is 0 Å². The first-order valence-corrected chi connectivity index (χ1v) is 7.57. The lowest BCUT2D eigenvalue weighted by Crippen LogP contribution is -2.20. The largest absolute Gasteiger partial charge is 0.257 e. The first-order chi connectivity index (χ1) is 8.52. The zero-order valence-corrected chi connectivity index (χ0v) is 12.3. The van der Waals surface area contributed by atoms with Crippen LogP contribution in [0, 0.1) is 0 Å². The molecule has 1 heteroatoms. The number of hydrogen-bond donors (Lipinski definition) is 0. The van der Waals surface area contributed by atoms with Gasteiger partial charge in [-0.1, -0.05) is 27.7 Å². The van der Waals surface area contributed by atoms with E-state index in [4.69, 9.17) is 4.98 Å². The fourth-order valence-electron chi connectivity index (χ4n) is 3.60. The summed E-state index contributed by atoms with van der Waals surface area (Å²) in [6.07, 6.45) is 7.65. The van der Waals surface area contributed by atoms with E-state index >= 15 is 0 Å². The molecule has 0 atom stereocenters. The van der Waals surface area contributed by atoms with Crippen molar-refractivity contribution in [3.63, 3.8) is 0 Å². The highest BCUT2D eigenvalue weighted by Crippen LogP contribution is 2.45. The predicted octanol–water partition coefficient (Wildman–Crippen LogP) is 4.31. The summed E-state index contributed by atoms with van der Waals surface area (Å²) in [5.41, 5.74) is 8.00. The van der Waals surface area contributed by atoms with E-state index in [1.807, 2.05) is 0 Å². The number of aromatic nitrogens is 1. The second-order valence-electron chi connectivity index (χ2n) is 7.01. The normalized spacial score (nSPS) is 19.1. The molecule has 1 aromatic rings. The first kappa shape index (κ1) is 12.2. The Hall–Kier alpha value is -0.850. The Labute approximate surface area is 111 Å². The molecule has 0 aliphatic heterocycles. The Kier molecular flexibility index (Phi) is 2.76. The average molecular weight is 243 g/mol. The van der Waals surface area contributed by atoms with Crippen LogP contribution in [0.4, 0.5) is 0 Å². The summed E-state index contributed by atoms with van der Waals surface area (Å²) < 4.78 is 0. The van der Waals surface area contributed by atoms with Gasteiger partial charge in [-0.25, -0.2) is 0 Å². The molecule has 0 aromatic carbocycles. The van der Waals surface area contributed by atoms with Gasteiger partial charge in [-0.15, -0.1) is 0 Å². The zero-order chi connectivity index (χ0) is 12.9. The quantitative estimate of drug-likeness (QED) is 0.754. The summed E-state index contributed by atoms with van der Waals surface area (Å²) in [7, 11) is 0. The van der Waals surface area contributed by atoms with Crippen LogP contribution in [0.3, 0.4) is 0 Å². The van der Waals surface area contributed by atoms with Gasteiger partial charge in [0.25, 0.3) is 0 Å². The van der Waals surface area contributed by atoms with Gasteiger partial charge in [0.15, 0.2) is 0 Å². The van der Waals surface area contributed by atoms with Crippen LogP contribution in [0.5, 0.6) is 0 Å². The molecule has 3 rings (SSSR count). The molecule has 1 heterocycles. The number of pyridine rings is 1. The molecule has 18 heavy (non-hydrogen) atoms. The minimum atomic E-state index is 0.270. The number of aryl methyl sites for hydroxylation is 1. The lowest BCUT2D eigenvalue weighted by atomic mass is 9.78. The molecule has 1 nitrogen and oxygen atoms in total. The van der Waals surface area contributed by atoms with Crippen LogP contribution in [0.25, 0.3) is 0 Å². The molecule has 2 aliphatic rings. The van der Waals surface area contributed by atoms with Crippen molar-refractivity contribution in [2.45, 2.75) is 77.6 Å². The number of fused-ring (bicyclic) bond motifs is 1. The second-order valence-corrected chi connectivity index (χ2v) is 7.01. The van der Waals surface area contributed by atoms with Gasteiger partial charge in [0.1, 0.15) is 0 Å². The monoisotopic (exact) mass is 243 g/mol. The van der Waals surface area contributed by atoms with Crippen molar-refractivity contribution in [1.82, 2.24) is 4.98 Å². The van der Waals surface area contributed by atoms with Crippen molar-refractivity contribution >= 4 is 0 Å². The standard InChI is InChI=1S/C17H25N/c1-5-12-15(17(2,3)4)13-7-6-8-14(13)18-16(12)11-9-10-11/h11H,5-10H2,1-4H3. The van der Waals surface area contributed by atoms with Gasteiger partial charge < -0.3 is 0 Å². The van der Waals surface area contributed by atoms with E-state index in [9.17, 15) is 0 Å². The molecule has 1 saturated carbocycles. The molecular formula is C17H25N. The SMILES string of the molecule is CCc1c(C2CC2)nc2c(c1C(C)(C)C)CCC2. The first-order valence-electron chi connectivity index (χ1n) is 7.57. The van der Waals surface area contributed by atoms with Crippen LogP contribution >= 0.6 is 0 Å². The van der Waals surface area contributed by atoms with Crippen molar-refractivity contribution in [2.75, 3.05) is 0 Å². The fourth-order valence-corrected chi connectivity index (χ4v) is 3.60. The van der Waals surface area contributed by atoms with Crippen LogP contribution in [0.1, 0.15) is 81.0 Å². The van der Waals surface area contributed by atoms with Crippen molar-refractivity contribution in [3.05, 3.63) is 28.1 Å². The molecule has 0 unspecified atom stereocenters. The summed E-state index contributed by atoms with van der Waals surface area (Å²) in [5.74, 6) is 0.784. The number of hydrogen-bond acceptors (Lipinski definition) is 1. The molecular weight excluding hydrogens is 218 g/mol. The zero-order valence-electron chi connectivity index (χ0n) is 12.3. The summed E-state index contributed by atoms with van der Waals surface area (Å²) in [6.45, 7) is 9.42. The highest BCUT2D eigenvalue weighted by atomic mass is 14.8. The van der Waals surface area contributed by atoms with Crippen LogP contribution in [-0.2, 0) is 24.7 Å². The van der Waals surface area contributed by atoms with Gasteiger partial charge in [-0.05, 0) is 60.6 Å². The minimum absolute atomic E-state index is 0.270. The third-order valence-electron chi connectivity index (χ3n) is 4.42. The van der Waals surface area contributed by atoms with E-state index in [0.29, 0.717) is 0 Å². The van der Waals surface area contributed by atoms with Crippen LogP contribution in [-0.4, -0.2) is 4.98 Å². The van der Waals surface area contributed by atoms with Gasteiger partial charge in [-0.2, -0.15) is 0 Å². The maximum absolute atomic E-state index is 5.06. The molecule has 0 amide bonds. The molecule has 0 spiro atoms. The number of nitrogens with zero attached hydrogens (tertiary/aromatic N) is 1. The maximum atomic E-state index is 5.06. The van der Waals surface area contributed by atoms with Crippen LogP contribution < -0.4 is 0 Å². The van der Waals surface area contributed by atoms with E-state index in [2.05, 4.69) is 27.7 Å². The highest BCUT2D eigenvalue weighted by Gasteiger charge is 2.34. The van der Waals surface area contributed by atoms with Gasteiger partial charge >= 0.3 is 0 Å². The summed E-state index contributed by atoms with van der Waals surface area (Å²) in [5, 5.41) is 0. The van der Waals surface area contributed by atoms with Crippen molar-refractivity contribution in [2.24, 2.45) is 0 Å². The van der Waals surface area contributed by atoms with Gasteiger partial charge in [0.05, 0.1) is 0 Å². The van der Waals surface area contributed by atoms with Gasteiger partial charge in [-0.3, -0.25) is 4.98 Å². The maximum Gasteiger partial charge on any atom is 0.0472 e. The van der Waals surface area contributed by atoms with E-state index in [-0.39, 0.29) is 5.41 Å².